The fraction of sp³-hybridized carbons (Fsp3) is 0.294. The van der Waals surface area contributed by atoms with Gasteiger partial charge in [-0.05, 0) is 49.6 Å². The van der Waals surface area contributed by atoms with Crippen LogP contribution >= 0.6 is 23.1 Å². The van der Waals surface area contributed by atoms with Crippen LogP contribution < -0.4 is 15.6 Å². The number of nitrogens with zero attached hydrogens (tertiary/aromatic N) is 4. The van der Waals surface area contributed by atoms with Crippen molar-refractivity contribution in [2.45, 2.75) is 54.3 Å². The number of hydrogen-bond acceptors (Lipinski definition) is 11. The maximum Gasteiger partial charge on any atom is 0.407 e. The number of ether oxygens (including phenoxy) is 1. The molecule has 0 spiro atoms. The van der Waals surface area contributed by atoms with Gasteiger partial charge in [0.2, 0.25) is 17.7 Å². The number of anilines is 1. The molecule has 1 saturated carbocycles. The van der Waals surface area contributed by atoms with E-state index in [1.807, 2.05) is 6.07 Å². The fourth-order valence-electron chi connectivity index (χ4n) is 6.09. The van der Waals surface area contributed by atoms with Gasteiger partial charge in [-0.25, -0.2) is 15.2 Å². The second kappa shape index (κ2) is 15.0. The van der Waals surface area contributed by atoms with Crippen LogP contribution in [0.4, 0.5) is 16.2 Å². The van der Waals surface area contributed by atoms with Crippen LogP contribution in [0.15, 0.2) is 81.1 Å². The van der Waals surface area contributed by atoms with E-state index < -0.39 is 23.0 Å². The molecule has 4 aromatic rings. The minimum Gasteiger partial charge on any atom is -0.450 e. The number of fused-ring (bicyclic) bond motifs is 2. The van der Waals surface area contributed by atoms with Gasteiger partial charge in [-0.1, -0.05) is 61.0 Å². The van der Waals surface area contributed by atoms with E-state index in [1.54, 1.807) is 61.5 Å². The maximum absolute atomic E-state index is 13.1. The average molecular weight is 701 g/mol. The Morgan fingerprint density at radius 3 is 2.53 bits per heavy atom. The average Bonchev–Trinajstić information content (AvgIpc) is 3.61. The number of aromatic nitrogens is 1. The molecule has 3 atom stereocenters. The summed E-state index contributed by atoms with van der Waals surface area (Å²) in [6.45, 7) is 1.86. The van der Waals surface area contributed by atoms with Crippen LogP contribution in [0.5, 0.6) is 0 Å². The van der Waals surface area contributed by atoms with E-state index in [4.69, 9.17) is 4.74 Å². The number of hydrazone groups is 1. The maximum atomic E-state index is 13.1. The molecule has 2 heterocycles. The summed E-state index contributed by atoms with van der Waals surface area (Å²) < 4.78 is 6.27. The third-order valence-corrected chi connectivity index (χ3v) is 10.5. The number of rotatable bonds is 11. The number of nitro groups is 1. The Morgan fingerprint density at radius 1 is 1.10 bits per heavy atom. The summed E-state index contributed by atoms with van der Waals surface area (Å²) in [5.41, 5.74) is 4.51. The van der Waals surface area contributed by atoms with Gasteiger partial charge in [0.1, 0.15) is 0 Å². The Hall–Kier alpha value is -5.15. The van der Waals surface area contributed by atoms with Gasteiger partial charge in [0.15, 0.2) is 4.34 Å². The molecule has 252 valence electrons. The zero-order valence-corrected chi connectivity index (χ0v) is 28.0. The minimum atomic E-state index is -0.656. The van der Waals surface area contributed by atoms with Gasteiger partial charge >= 0.3 is 6.09 Å². The number of amides is 4. The predicted octanol–water partition coefficient (Wildman–Crippen LogP) is 6.36. The van der Waals surface area contributed by atoms with Gasteiger partial charge in [0.05, 0.1) is 62.8 Å². The third kappa shape index (κ3) is 7.62. The van der Waals surface area contributed by atoms with Crippen LogP contribution in [0, 0.1) is 22.0 Å². The van der Waals surface area contributed by atoms with Gasteiger partial charge in [-0.2, -0.15) is 5.10 Å². The van der Waals surface area contributed by atoms with Crippen LogP contribution in [-0.4, -0.2) is 46.5 Å². The van der Waals surface area contributed by atoms with Crippen molar-refractivity contribution in [2.75, 3.05) is 11.5 Å². The number of hydrogen-bond donors (Lipinski definition) is 2. The molecule has 0 unspecified atom stereocenters. The first-order valence-corrected chi connectivity index (χ1v) is 17.4. The standard InChI is InChI=1S/C34H32N6O7S2/c1-2-47-33(44)36-26(21-8-4-3-5-9-21)18-30(41)38-35-19-20-12-15-28(27(16-20)40(45)46)48-34-37-25-14-13-22(17-29(25)49-34)39-31(42)23-10-6-7-11-24(23)32(39)43/h3-5,8-9,12-17,19,23-24,26H,2,6-7,10-11,18H2,1H3,(H,36,44)(H,38,41)/b35-19-/t23-,24+,26-/m0/s1. The smallest absolute Gasteiger partial charge is 0.407 e. The molecule has 2 aliphatic rings. The summed E-state index contributed by atoms with van der Waals surface area (Å²) in [6.07, 6.45) is 3.90. The minimum absolute atomic E-state index is 0.120. The quantitative estimate of drug-likeness (QED) is 0.0781. The molecule has 1 saturated heterocycles. The summed E-state index contributed by atoms with van der Waals surface area (Å²) in [4.78, 5) is 68.7. The van der Waals surface area contributed by atoms with E-state index in [1.165, 1.54) is 28.5 Å². The first-order chi connectivity index (χ1) is 23.7. The van der Waals surface area contributed by atoms with Crippen molar-refractivity contribution >= 4 is 74.7 Å². The van der Waals surface area contributed by atoms with E-state index in [9.17, 15) is 29.3 Å². The molecule has 2 N–H and O–H groups in total. The van der Waals surface area contributed by atoms with Crippen LogP contribution in [0.3, 0.4) is 0 Å². The van der Waals surface area contributed by atoms with Crippen molar-refractivity contribution in [3.63, 3.8) is 0 Å². The van der Waals surface area contributed by atoms with Gasteiger partial charge < -0.3 is 10.1 Å². The largest absolute Gasteiger partial charge is 0.450 e. The van der Waals surface area contributed by atoms with E-state index in [0.29, 0.717) is 31.6 Å². The summed E-state index contributed by atoms with van der Waals surface area (Å²) in [7, 11) is 0. The van der Waals surface area contributed by atoms with Crippen LogP contribution in [0.25, 0.3) is 10.2 Å². The number of imide groups is 1. The number of thiazole rings is 1. The first kappa shape index (κ1) is 33.7. The molecule has 13 nitrogen and oxygen atoms in total. The van der Waals surface area contributed by atoms with Crippen molar-refractivity contribution in [1.29, 1.82) is 0 Å². The molecule has 1 aliphatic carbocycles. The van der Waals surface area contributed by atoms with Crippen molar-refractivity contribution in [3.05, 3.63) is 88.0 Å². The molecular formula is C34H32N6O7S2. The van der Waals surface area contributed by atoms with Gasteiger partial charge in [0, 0.05) is 11.6 Å². The normalized spacial score (nSPS) is 18.0. The molecule has 49 heavy (non-hydrogen) atoms. The number of benzene rings is 3. The van der Waals surface area contributed by atoms with E-state index in [-0.39, 0.29) is 42.4 Å². The third-order valence-electron chi connectivity index (χ3n) is 8.39. The van der Waals surface area contributed by atoms with Crippen LogP contribution in [0.1, 0.15) is 56.2 Å². The first-order valence-electron chi connectivity index (χ1n) is 15.8. The van der Waals surface area contributed by atoms with E-state index >= 15 is 0 Å². The molecule has 0 radical (unpaired) electrons. The highest BCUT2D eigenvalue weighted by molar-refractivity contribution is 8.01. The number of nitrogens with one attached hydrogen (secondary N) is 2. The number of alkyl carbamates (subject to hydrolysis) is 1. The highest BCUT2D eigenvalue weighted by Gasteiger charge is 2.48. The molecule has 1 aromatic heterocycles. The molecule has 2 fully saturated rings. The fourth-order valence-corrected chi connectivity index (χ4v) is 8.23. The Balaban J connectivity index is 1.12. The molecule has 0 bridgehead atoms. The lowest BCUT2D eigenvalue weighted by atomic mass is 9.81. The number of carbonyl (C=O) groups is 4. The lowest BCUT2D eigenvalue weighted by Crippen LogP contribution is -2.33. The zero-order chi connectivity index (χ0) is 34.5. The topological polar surface area (TPSA) is 173 Å². The molecule has 3 aromatic carbocycles. The molecule has 1 aliphatic heterocycles. The summed E-state index contributed by atoms with van der Waals surface area (Å²) in [6, 6.07) is 18.1. The van der Waals surface area contributed by atoms with Crippen molar-refractivity contribution in [1.82, 2.24) is 15.7 Å². The van der Waals surface area contributed by atoms with E-state index in [2.05, 4.69) is 20.8 Å². The Bertz CT molecular complexity index is 1930. The monoisotopic (exact) mass is 700 g/mol. The predicted molar refractivity (Wildman–Crippen MR) is 184 cm³/mol. The van der Waals surface area contributed by atoms with Crippen LogP contribution in [0.2, 0.25) is 0 Å². The zero-order valence-electron chi connectivity index (χ0n) is 26.4. The molecule has 4 amide bonds. The Morgan fingerprint density at radius 2 is 1.84 bits per heavy atom. The van der Waals surface area contributed by atoms with Crippen molar-refractivity contribution < 1.29 is 28.8 Å². The second-order valence-corrected chi connectivity index (χ2v) is 13.9. The van der Waals surface area contributed by atoms with Gasteiger partial charge in [-0.3, -0.25) is 29.4 Å². The Kier molecular flexibility index (Phi) is 10.3. The van der Waals surface area contributed by atoms with E-state index in [0.717, 1.165) is 42.1 Å². The summed E-state index contributed by atoms with van der Waals surface area (Å²) in [5.74, 6) is -1.27. The van der Waals surface area contributed by atoms with Crippen molar-refractivity contribution in [3.8, 4) is 0 Å². The molecule has 6 rings (SSSR count). The SMILES string of the molecule is CCOC(=O)N[C@@H](CC(=O)N/N=C\c1ccc(Sc2nc3ccc(N4C(=O)[C@H]5CCCC[C@H]5C4=O)cc3s2)c([N+](=O)[O-])c1)c1ccccc1. The summed E-state index contributed by atoms with van der Waals surface area (Å²) >= 11 is 2.45. The Labute approximate surface area is 289 Å². The van der Waals surface area contributed by atoms with Crippen LogP contribution in [-0.2, 0) is 19.1 Å². The lowest BCUT2D eigenvalue weighted by Gasteiger charge is -2.19. The van der Waals surface area contributed by atoms with Gasteiger partial charge in [0.25, 0.3) is 5.69 Å². The molecular weight excluding hydrogens is 669 g/mol. The summed E-state index contributed by atoms with van der Waals surface area (Å²) in [5, 5.41) is 18.6. The number of nitro benzene ring substituents is 1. The highest BCUT2D eigenvalue weighted by atomic mass is 32.2. The molecule has 15 heteroatoms. The lowest BCUT2D eigenvalue weighted by molar-refractivity contribution is -0.387. The number of carbonyl (C=O) groups excluding carboxylic acids is 4. The van der Waals surface area contributed by atoms with Crippen molar-refractivity contribution in [2.24, 2.45) is 16.9 Å². The highest BCUT2D eigenvalue weighted by Crippen LogP contribution is 2.43. The van der Waals surface area contributed by atoms with Gasteiger partial charge in [-0.15, -0.1) is 11.3 Å². The second-order valence-electron chi connectivity index (χ2n) is 11.6.